The summed E-state index contributed by atoms with van der Waals surface area (Å²) < 4.78 is 41.7. The predicted molar refractivity (Wildman–Crippen MR) is 154 cm³/mol. The Bertz CT molecular complexity index is 1160. The first-order valence-electron chi connectivity index (χ1n) is 15.8. The Labute approximate surface area is 249 Å². The molecule has 1 aromatic rings. The number of hydrogen-bond donors (Lipinski definition) is 2. The van der Waals surface area contributed by atoms with Gasteiger partial charge in [-0.1, -0.05) is 17.7 Å². The fourth-order valence-corrected chi connectivity index (χ4v) is 8.82. The Morgan fingerprint density at radius 2 is 1.60 bits per heavy atom. The van der Waals surface area contributed by atoms with Crippen LogP contribution < -0.4 is 5.32 Å². The Hall–Kier alpha value is -1.60. The lowest BCUT2D eigenvalue weighted by Crippen LogP contribution is -2.59. The molecule has 5 aliphatic carbocycles. The number of nitrogens with one attached hydrogen (secondary N) is 1. The first-order valence-corrected chi connectivity index (χ1v) is 17.2. The maximum Gasteiger partial charge on any atom is 0.294 e. The maximum atomic E-state index is 12.4. The number of amides is 1. The number of carbonyl (C=O) groups is 1. The average Bonchev–Trinajstić information content (AvgIpc) is 3.33. The Morgan fingerprint density at radius 1 is 0.976 bits per heavy atom. The van der Waals surface area contributed by atoms with Gasteiger partial charge in [0.15, 0.2) is 0 Å². The quantitative estimate of drug-likeness (QED) is 0.364. The molecule has 1 amide bonds. The van der Waals surface area contributed by atoms with Crippen molar-refractivity contribution in [3.63, 3.8) is 0 Å². The summed E-state index contributed by atoms with van der Waals surface area (Å²) in [5.41, 5.74) is 0.956. The number of benzene rings is 1. The van der Waals surface area contributed by atoms with Crippen LogP contribution in [0.3, 0.4) is 0 Å². The number of rotatable bonds is 6. The largest absolute Gasteiger partial charge is 0.379 e. The summed E-state index contributed by atoms with van der Waals surface area (Å²) in [6, 6.07) is 5.99. The molecule has 8 rings (SSSR count). The minimum Gasteiger partial charge on any atom is -0.379 e. The van der Waals surface area contributed by atoms with E-state index in [2.05, 4.69) is 10.2 Å². The van der Waals surface area contributed by atoms with E-state index in [1.807, 2.05) is 6.92 Å². The summed E-state index contributed by atoms with van der Waals surface area (Å²) in [4.78, 5) is 26.8. The normalized spacial score (nSPS) is 37.5. The standard InChI is InChI=1S/C24H38N2O5.C7H8O3S/c27-22(25-5-6-26-7-9-28-10-8-26)16-17-1-3-23(4-2-17)29-24(31-30-23)20-12-18-11-19(14-20)15-21(24)13-18;1-6-2-4-7(5-3-6)11(8,9)10/h17-21H,1-16H2,(H,25,27);2-5H,1H3,(H,8,9,10). The Balaban J connectivity index is 0.000000244. The van der Waals surface area contributed by atoms with Crippen LogP contribution in [0.25, 0.3) is 0 Å². The molecule has 11 heteroatoms. The highest BCUT2D eigenvalue weighted by atomic mass is 32.2. The Morgan fingerprint density at radius 3 is 2.19 bits per heavy atom. The molecule has 1 aromatic carbocycles. The number of morpholine rings is 1. The molecule has 5 saturated carbocycles. The molecule has 2 aliphatic heterocycles. The highest BCUT2D eigenvalue weighted by molar-refractivity contribution is 7.85. The van der Waals surface area contributed by atoms with Gasteiger partial charge in [0.1, 0.15) is 0 Å². The van der Waals surface area contributed by atoms with E-state index in [4.69, 9.17) is 23.8 Å². The van der Waals surface area contributed by atoms with E-state index >= 15 is 0 Å². The summed E-state index contributed by atoms with van der Waals surface area (Å²) in [6.07, 6.45) is 10.6. The van der Waals surface area contributed by atoms with Crippen LogP contribution >= 0.6 is 0 Å². The van der Waals surface area contributed by atoms with Gasteiger partial charge in [0.05, 0.1) is 18.1 Å². The van der Waals surface area contributed by atoms with Gasteiger partial charge in [-0.15, -0.1) is 0 Å². The van der Waals surface area contributed by atoms with Gasteiger partial charge in [0, 0.05) is 57.3 Å². The Kier molecular flexibility index (Phi) is 9.00. The van der Waals surface area contributed by atoms with Gasteiger partial charge in [0.2, 0.25) is 17.5 Å². The van der Waals surface area contributed by atoms with Gasteiger partial charge < -0.3 is 14.8 Å². The lowest BCUT2D eigenvalue weighted by molar-refractivity contribution is -0.390. The summed E-state index contributed by atoms with van der Waals surface area (Å²) >= 11 is 0. The molecule has 234 valence electrons. The molecule has 0 atom stereocenters. The molecule has 0 unspecified atom stereocenters. The van der Waals surface area contributed by atoms with E-state index in [0.29, 0.717) is 24.2 Å². The lowest BCUT2D eigenvalue weighted by atomic mass is 9.53. The number of ether oxygens (including phenoxy) is 2. The number of carbonyl (C=O) groups excluding carboxylic acids is 1. The molecule has 4 bridgehead atoms. The second-order valence-electron chi connectivity index (χ2n) is 13.4. The van der Waals surface area contributed by atoms with Gasteiger partial charge in [-0.05, 0) is 81.8 Å². The number of hydrogen-bond acceptors (Lipinski definition) is 8. The van der Waals surface area contributed by atoms with E-state index < -0.39 is 21.7 Å². The zero-order valence-electron chi connectivity index (χ0n) is 24.7. The summed E-state index contributed by atoms with van der Waals surface area (Å²) in [5.74, 6) is 2.34. The van der Waals surface area contributed by atoms with Crippen LogP contribution in [-0.2, 0) is 34.2 Å². The third-order valence-electron chi connectivity index (χ3n) is 10.5. The second-order valence-corrected chi connectivity index (χ2v) is 14.9. The first-order chi connectivity index (χ1) is 20.1. The van der Waals surface area contributed by atoms with E-state index in [0.717, 1.165) is 82.5 Å². The summed E-state index contributed by atoms with van der Waals surface area (Å²) in [5, 5.41) is 3.11. The second kappa shape index (κ2) is 12.4. The van der Waals surface area contributed by atoms with Crippen molar-refractivity contribution in [3.8, 4) is 0 Å². The van der Waals surface area contributed by atoms with Crippen LogP contribution in [0.2, 0.25) is 0 Å². The topological polar surface area (TPSA) is 124 Å². The molecule has 0 radical (unpaired) electrons. The third kappa shape index (κ3) is 6.72. The van der Waals surface area contributed by atoms with Crippen molar-refractivity contribution >= 4 is 16.0 Å². The zero-order chi connectivity index (χ0) is 29.4. The number of aryl methyl sites for hydroxylation is 1. The van der Waals surface area contributed by atoms with Crippen molar-refractivity contribution in [2.45, 2.75) is 87.6 Å². The third-order valence-corrected chi connectivity index (χ3v) is 11.3. The maximum absolute atomic E-state index is 12.4. The van der Waals surface area contributed by atoms with Crippen molar-refractivity contribution in [1.29, 1.82) is 0 Å². The molecule has 7 aliphatic rings. The molecule has 2 saturated heterocycles. The fraction of sp³-hybridized carbons (Fsp3) is 0.774. The SMILES string of the molecule is Cc1ccc(S(=O)(=O)O)cc1.O=C(CC1CCC2(CC1)OOC1(O2)C2CC3CC(C2)CC1C3)NCCN1CCOCC1. The van der Waals surface area contributed by atoms with Crippen LogP contribution in [0.15, 0.2) is 29.2 Å². The average molecular weight is 607 g/mol. The van der Waals surface area contributed by atoms with Crippen molar-refractivity contribution in [2.24, 2.45) is 29.6 Å². The highest BCUT2D eigenvalue weighted by Gasteiger charge is 2.66. The molecule has 10 nitrogen and oxygen atoms in total. The van der Waals surface area contributed by atoms with Crippen LogP contribution in [0.4, 0.5) is 0 Å². The minimum absolute atomic E-state index is 0.0666. The fourth-order valence-electron chi connectivity index (χ4n) is 8.34. The van der Waals surface area contributed by atoms with Crippen LogP contribution in [0.1, 0.15) is 69.8 Å². The van der Waals surface area contributed by atoms with Crippen LogP contribution in [0, 0.1) is 36.5 Å². The first kappa shape index (κ1) is 30.4. The summed E-state index contributed by atoms with van der Waals surface area (Å²) in [7, 11) is -4.02. The highest BCUT2D eigenvalue weighted by Crippen LogP contribution is 2.63. The monoisotopic (exact) mass is 606 g/mol. The molecular weight excluding hydrogens is 560 g/mol. The van der Waals surface area contributed by atoms with Crippen LogP contribution in [0.5, 0.6) is 0 Å². The van der Waals surface area contributed by atoms with E-state index in [9.17, 15) is 13.2 Å². The molecule has 2 N–H and O–H groups in total. The van der Waals surface area contributed by atoms with E-state index in [1.165, 1.54) is 44.2 Å². The van der Waals surface area contributed by atoms with Crippen molar-refractivity contribution < 1.29 is 37.0 Å². The zero-order valence-corrected chi connectivity index (χ0v) is 25.5. The molecule has 7 fully saturated rings. The van der Waals surface area contributed by atoms with Gasteiger partial charge in [-0.2, -0.15) is 18.2 Å². The van der Waals surface area contributed by atoms with Crippen molar-refractivity contribution in [3.05, 3.63) is 29.8 Å². The number of nitrogens with zero attached hydrogens (tertiary/aromatic N) is 1. The van der Waals surface area contributed by atoms with Crippen molar-refractivity contribution in [2.75, 3.05) is 39.4 Å². The predicted octanol–water partition coefficient (Wildman–Crippen LogP) is 4.08. The van der Waals surface area contributed by atoms with Crippen molar-refractivity contribution in [1.82, 2.24) is 10.2 Å². The van der Waals surface area contributed by atoms with E-state index in [-0.39, 0.29) is 10.8 Å². The van der Waals surface area contributed by atoms with E-state index in [1.54, 1.807) is 12.1 Å². The smallest absolute Gasteiger partial charge is 0.294 e. The molecular formula is C31H46N2O8S. The molecule has 0 aromatic heterocycles. The van der Waals surface area contributed by atoms with Crippen LogP contribution in [-0.4, -0.2) is 74.7 Å². The van der Waals surface area contributed by atoms with Gasteiger partial charge in [0.25, 0.3) is 10.1 Å². The minimum atomic E-state index is -4.02. The lowest BCUT2D eigenvalue weighted by Gasteiger charge is -2.57. The summed E-state index contributed by atoms with van der Waals surface area (Å²) in [6.45, 7) is 7.01. The van der Waals surface area contributed by atoms with Gasteiger partial charge in [-0.25, -0.2) is 0 Å². The van der Waals surface area contributed by atoms with Gasteiger partial charge in [-0.3, -0.25) is 14.2 Å². The molecule has 2 heterocycles. The molecule has 2 spiro atoms. The molecule has 42 heavy (non-hydrogen) atoms. The van der Waals surface area contributed by atoms with Gasteiger partial charge >= 0.3 is 0 Å².